The van der Waals surface area contributed by atoms with Gasteiger partial charge in [-0.25, -0.2) is 0 Å². The molecule has 1 N–H and O–H groups in total. The molecule has 0 fully saturated rings. The molecule has 1 atom stereocenters. The van der Waals surface area contributed by atoms with Gasteiger partial charge in [-0.05, 0) is 62.3 Å². The number of rotatable bonds is 4. The van der Waals surface area contributed by atoms with Crippen LogP contribution in [0.5, 0.6) is 0 Å². The van der Waals surface area contributed by atoms with Gasteiger partial charge in [-0.3, -0.25) is 4.79 Å². The molecule has 20 heavy (non-hydrogen) atoms. The SMILES string of the molecule is O=C(NC(CBr)c1ccccc1)c1cc(I)ccc1Br. The van der Waals surface area contributed by atoms with Gasteiger partial charge in [0.05, 0.1) is 11.6 Å². The molecule has 0 saturated heterocycles. The molecule has 0 heterocycles. The minimum absolute atomic E-state index is 0.0477. The van der Waals surface area contributed by atoms with E-state index >= 15 is 0 Å². The molecule has 0 spiro atoms. The fraction of sp³-hybridized carbons (Fsp3) is 0.133. The Kier molecular flexibility index (Phi) is 6.04. The number of nitrogens with one attached hydrogen (secondary N) is 1. The van der Waals surface area contributed by atoms with Crippen molar-refractivity contribution < 1.29 is 4.79 Å². The first-order chi connectivity index (χ1) is 9.61. The van der Waals surface area contributed by atoms with Crippen molar-refractivity contribution in [3.63, 3.8) is 0 Å². The van der Waals surface area contributed by atoms with Gasteiger partial charge in [0.2, 0.25) is 0 Å². The first-order valence-corrected chi connectivity index (χ1v) is 8.98. The Bertz CT molecular complexity index is 604. The highest BCUT2D eigenvalue weighted by Crippen LogP contribution is 2.21. The van der Waals surface area contributed by atoms with Gasteiger partial charge in [0.25, 0.3) is 5.91 Å². The fourth-order valence-corrected chi connectivity index (χ4v) is 3.26. The second kappa shape index (κ2) is 7.56. The lowest BCUT2D eigenvalue weighted by Crippen LogP contribution is -2.29. The largest absolute Gasteiger partial charge is 0.344 e. The summed E-state index contributed by atoms with van der Waals surface area (Å²) in [7, 11) is 0. The highest BCUT2D eigenvalue weighted by molar-refractivity contribution is 14.1. The molecule has 0 aliphatic heterocycles. The average molecular weight is 509 g/mol. The van der Waals surface area contributed by atoms with Gasteiger partial charge < -0.3 is 5.32 Å². The third kappa shape index (κ3) is 4.05. The van der Waals surface area contributed by atoms with Gasteiger partial charge in [0.1, 0.15) is 0 Å². The number of amides is 1. The smallest absolute Gasteiger partial charge is 0.252 e. The Labute approximate surface area is 148 Å². The van der Waals surface area contributed by atoms with Crippen molar-refractivity contribution in [3.05, 3.63) is 67.7 Å². The fourth-order valence-electron chi connectivity index (χ4n) is 1.80. The van der Waals surface area contributed by atoms with Crippen LogP contribution in [-0.2, 0) is 0 Å². The molecule has 0 aliphatic carbocycles. The van der Waals surface area contributed by atoms with Crippen molar-refractivity contribution in [2.24, 2.45) is 0 Å². The Morgan fingerprint density at radius 1 is 1.20 bits per heavy atom. The molecule has 0 radical (unpaired) electrons. The van der Waals surface area contributed by atoms with Crippen LogP contribution in [0.3, 0.4) is 0 Å². The Morgan fingerprint density at radius 2 is 1.90 bits per heavy atom. The highest BCUT2D eigenvalue weighted by Gasteiger charge is 2.16. The van der Waals surface area contributed by atoms with Gasteiger partial charge in [0, 0.05) is 13.4 Å². The van der Waals surface area contributed by atoms with E-state index in [0.29, 0.717) is 10.9 Å². The van der Waals surface area contributed by atoms with Gasteiger partial charge in [-0.1, -0.05) is 46.3 Å². The molecule has 0 aliphatic rings. The molecule has 104 valence electrons. The maximum Gasteiger partial charge on any atom is 0.252 e. The zero-order valence-corrected chi connectivity index (χ0v) is 15.8. The molecule has 1 amide bonds. The zero-order chi connectivity index (χ0) is 14.5. The number of benzene rings is 2. The van der Waals surface area contributed by atoms with E-state index in [-0.39, 0.29) is 11.9 Å². The summed E-state index contributed by atoms with van der Waals surface area (Å²) in [5.74, 6) is -0.0799. The second-order valence-electron chi connectivity index (χ2n) is 4.22. The van der Waals surface area contributed by atoms with Crippen LogP contribution in [0.25, 0.3) is 0 Å². The molecule has 5 heteroatoms. The predicted octanol–water partition coefficient (Wildman–Crippen LogP) is 4.92. The topological polar surface area (TPSA) is 29.1 Å². The van der Waals surface area contributed by atoms with Crippen LogP contribution in [0, 0.1) is 3.57 Å². The molecule has 2 rings (SSSR count). The van der Waals surface area contributed by atoms with E-state index in [1.165, 1.54) is 0 Å². The maximum atomic E-state index is 12.4. The lowest BCUT2D eigenvalue weighted by Gasteiger charge is -2.17. The van der Waals surface area contributed by atoms with Crippen LogP contribution in [0.2, 0.25) is 0 Å². The van der Waals surface area contributed by atoms with Crippen molar-refractivity contribution in [2.45, 2.75) is 6.04 Å². The van der Waals surface area contributed by atoms with Crippen molar-refractivity contribution in [2.75, 3.05) is 5.33 Å². The van der Waals surface area contributed by atoms with Crippen molar-refractivity contribution >= 4 is 60.4 Å². The van der Waals surface area contributed by atoms with E-state index in [4.69, 9.17) is 0 Å². The van der Waals surface area contributed by atoms with Crippen molar-refractivity contribution in [1.29, 1.82) is 0 Å². The third-order valence-electron chi connectivity index (χ3n) is 2.83. The molecule has 1 unspecified atom stereocenters. The number of carbonyl (C=O) groups is 1. The average Bonchev–Trinajstić information content (AvgIpc) is 2.48. The van der Waals surface area contributed by atoms with Crippen LogP contribution in [0.1, 0.15) is 22.0 Å². The Hall–Kier alpha value is -0.400. The van der Waals surface area contributed by atoms with Crippen molar-refractivity contribution in [3.8, 4) is 0 Å². The van der Waals surface area contributed by atoms with Crippen LogP contribution in [0.4, 0.5) is 0 Å². The minimum Gasteiger partial charge on any atom is -0.344 e. The van der Waals surface area contributed by atoms with Crippen LogP contribution < -0.4 is 5.32 Å². The summed E-state index contributed by atoms with van der Waals surface area (Å²) < 4.78 is 1.84. The number of alkyl halides is 1. The molecule has 0 saturated carbocycles. The number of hydrogen-bond acceptors (Lipinski definition) is 1. The lowest BCUT2D eigenvalue weighted by atomic mass is 10.1. The van der Waals surface area contributed by atoms with Crippen LogP contribution in [-0.4, -0.2) is 11.2 Å². The molecule has 2 aromatic rings. The number of hydrogen-bond donors (Lipinski definition) is 1. The normalized spacial score (nSPS) is 11.9. The predicted molar refractivity (Wildman–Crippen MR) is 97.3 cm³/mol. The van der Waals surface area contributed by atoms with Crippen molar-refractivity contribution in [1.82, 2.24) is 5.32 Å². The first kappa shape index (κ1) is 16.0. The Balaban J connectivity index is 2.20. The number of carbonyl (C=O) groups excluding carboxylic acids is 1. The van der Waals surface area contributed by atoms with E-state index in [9.17, 15) is 4.79 Å². The summed E-state index contributed by atoms with van der Waals surface area (Å²) in [5, 5.41) is 3.72. The van der Waals surface area contributed by atoms with Crippen LogP contribution >= 0.6 is 54.5 Å². The third-order valence-corrected chi connectivity index (χ3v) is 4.84. The molecule has 0 bridgehead atoms. The monoisotopic (exact) mass is 507 g/mol. The van der Waals surface area contributed by atoms with E-state index < -0.39 is 0 Å². The maximum absolute atomic E-state index is 12.4. The summed E-state index contributed by atoms with van der Waals surface area (Å²) >= 11 is 9.08. The second-order valence-corrected chi connectivity index (χ2v) is 6.96. The minimum atomic E-state index is -0.0799. The summed E-state index contributed by atoms with van der Waals surface area (Å²) in [6, 6.07) is 15.6. The summed E-state index contributed by atoms with van der Waals surface area (Å²) in [5.41, 5.74) is 1.73. The van der Waals surface area contributed by atoms with Gasteiger partial charge in [0.15, 0.2) is 0 Å². The zero-order valence-electron chi connectivity index (χ0n) is 10.4. The molecule has 2 aromatic carbocycles. The van der Waals surface area contributed by atoms with E-state index in [1.807, 2.05) is 48.5 Å². The lowest BCUT2D eigenvalue weighted by molar-refractivity contribution is 0.0940. The molecule has 0 aromatic heterocycles. The van der Waals surface area contributed by atoms with E-state index in [1.54, 1.807) is 0 Å². The quantitative estimate of drug-likeness (QED) is 0.461. The molecular formula is C15H12Br2INO. The molecule has 2 nitrogen and oxygen atoms in total. The number of halogens is 3. The first-order valence-electron chi connectivity index (χ1n) is 5.98. The summed E-state index contributed by atoms with van der Waals surface area (Å²) in [6.45, 7) is 0. The van der Waals surface area contributed by atoms with Gasteiger partial charge in [-0.15, -0.1) is 0 Å². The summed E-state index contributed by atoms with van der Waals surface area (Å²) in [6.07, 6.45) is 0. The standard InChI is InChI=1S/C15H12Br2INO/c16-9-14(10-4-2-1-3-5-10)19-15(20)12-8-11(18)6-7-13(12)17/h1-8,14H,9H2,(H,19,20). The molecular weight excluding hydrogens is 497 g/mol. The van der Waals surface area contributed by atoms with E-state index in [2.05, 4.69) is 59.8 Å². The summed E-state index contributed by atoms with van der Waals surface area (Å²) in [4.78, 5) is 12.4. The Morgan fingerprint density at radius 3 is 2.55 bits per heavy atom. The van der Waals surface area contributed by atoms with Gasteiger partial charge >= 0.3 is 0 Å². The van der Waals surface area contributed by atoms with Gasteiger partial charge in [-0.2, -0.15) is 0 Å². The van der Waals surface area contributed by atoms with E-state index in [0.717, 1.165) is 13.6 Å². The highest BCUT2D eigenvalue weighted by atomic mass is 127. The van der Waals surface area contributed by atoms with Crippen LogP contribution in [0.15, 0.2) is 53.0 Å².